The monoisotopic (exact) mass is 192 g/mol. The Bertz CT molecular complexity index is 317. The third-order valence-electron chi connectivity index (χ3n) is 2.47. The molecule has 0 saturated carbocycles. The van der Waals surface area contributed by atoms with Crippen LogP contribution in [0.3, 0.4) is 0 Å². The van der Waals surface area contributed by atoms with Crippen molar-refractivity contribution in [2.75, 3.05) is 0 Å². The van der Waals surface area contributed by atoms with E-state index in [0.29, 0.717) is 5.56 Å². The van der Waals surface area contributed by atoms with E-state index in [4.69, 9.17) is 5.11 Å². The van der Waals surface area contributed by atoms with Crippen molar-refractivity contribution >= 4 is 13.3 Å². The second-order valence-corrected chi connectivity index (χ2v) is 4.70. The second kappa shape index (κ2) is 3.66. The summed E-state index contributed by atoms with van der Waals surface area (Å²) in [7, 11) is 1.90. The van der Waals surface area contributed by atoms with Gasteiger partial charge in [0.25, 0.3) is 0 Å². The van der Waals surface area contributed by atoms with Crippen molar-refractivity contribution in [1.82, 2.24) is 0 Å². The zero-order valence-electron chi connectivity index (χ0n) is 9.26. The molecular formula is C11H17BO2. The van der Waals surface area contributed by atoms with Crippen LogP contribution >= 0.6 is 0 Å². The van der Waals surface area contributed by atoms with Crippen molar-refractivity contribution < 1.29 is 10.2 Å². The Morgan fingerprint density at radius 1 is 1.29 bits per heavy atom. The molecule has 14 heavy (non-hydrogen) atoms. The molecule has 0 heterocycles. The van der Waals surface area contributed by atoms with Crippen LogP contribution in [0.25, 0.3) is 0 Å². The topological polar surface area (TPSA) is 40.5 Å². The maximum absolute atomic E-state index is 9.68. The largest absolute Gasteiger partial charge is 0.508 e. The molecule has 0 amide bonds. The van der Waals surface area contributed by atoms with Crippen LogP contribution in [0.4, 0.5) is 0 Å². The lowest BCUT2D eigenvalue weighted by molar-refractivity contribution is 0.276. The molecule has 0 radical (unpaired) electrons. The first-order valence-electron chi connectivity index (χ1n) is 4.80. The van der Waals surface area contributed by atoms with Gasteiger partial charge in [-0.05, 0) is 17.0 Å². The van der Waals surface area contributed by atoms with E-state index in [-0.39, 0.29) is 17.8 Å². The minimum absolute atomic E-state index is 0.0240. The van der Waals surface area contributed by atoms with Crippen molar-refractivity contribution in [2.24, 2.45) is 0 Å². The summed E-state index contributed by atoms with van der Waals surface area (Å²) >= 11 is 0. The van der Waals surface area contributed by atoms with Gasteiger partial charge in [0.2, 0.25) is 0 Å². The summed E-state index contributed by atoms with van der Waals surface area (Å²) in [6, 6.07) is 3.75. The molecule has 0 atom stereocenters. The van der Waals surface area contributed by atoms with Gasteiger partial charge in [0.15, 0.2) is 0 Å². The van der Waals surface area contributed by atoms with Gasteiger partial charge in [-0.2, -0.15) is 0 Å². The number of phenols is 1. The van der Waals surface area contributed by atoms with Crippen molar-refractivity contribution in [1.29, 1.82) is 0 Å². The molecule has 1 rings (SSSR count). The number of aromatic hydroxyl groups is 1. The van der Waals surface area contributed by atoms with Crippen LogP contribution in [0.5, 0.6) is 5.75 Å². The summed E-state index contributed by atoms with van der Waals surface area (Å²) in [5.41, 5.74) is 2.68. The van der Waals surface area contributed by atoms with Crippen molar-refractivity contribution in [3.63, 3.8) is 0 Å². The highest BCUT2D eigenvalue weighted by molar-refractivity contribution is 6.33. The van der Waals surface area contributed by atoms with E-state index in [9.17, 15) is 5.11 Å². The van der Waals surface area contributed by atoms with Crippen LogP contribution < -0.4 is 5.46 Å². The van der Waals surface area contributed by atoms with Gasteiger partial charge in [0.1, 0.15) is 13.6 Å². The first-order valence-corrected chi connectivity index (χ1v) is 4.80. The molecule has 0 saturated heterocycles. The fraction of sp³-hybridized carbons (Fsp3) is 0.455. The quantitative estimate of drug-likeness (QED) is 0.634. The summed E-state index contributed by atoms with van der Waals surface area (Å²) in [4.78, 5) is 0. The highest BCUT2D eigenvalue weighted by Crippen LogP contribution is 2.26. The lowest BCUT2D eigenvalue weighted by atomic mass is 9.80. The zero-order chi connectivity index (χ0) is 10.9. The van der Waals surface area contributed by atoms with E-state index in [2.05, 4.69) is 20.8 Å². The molecule has 0 aliphatic heterocycles. The molecule has 2 N–H and O–H groups in total. The molecule has 3 heteroatoms. The van der Waals surface area contributed by atoms with E-state index < -0.39 is 0 Å². The Kier molecular flexibility index (Phi) is 2.91. The molecule has 0 aromatic heterocycles. The van der Waals surface area contributed by atoms with Crippen LogP contribution in [0.2, 0.25) is 0 Å². The van der Waals surface area contributed by atoms with E-state index in [1.54, 1.807) is 6.07 Å². The molecule has 0 aliphatic carbocycles. The first-order chi connectivity index (χ1) is 6.36. The summed E-state index contributed by atoms with van der Waals surface area (Å²) < 4.78 is 0. The lowest BCUT2D eigenvalue weighted by Gasteiger charge is -2.21. The molecule has 0 aliphatic rings. The van der Waals surface area contributed by atoms with E-state index in [0.717, 1.165) is 11.0 Å². The second-order valence-electron chi connectivity index (χ2n) is 4.70. The number of aliphatic hydroxyl groups is 1. The number of hydrogen-bond donors (Lipinski definition) is 2. The van der Waals surface area contributed by atoms with Gasteiger partial charge >= 0.3 is 0 Å². The van der Waals surface area contributed by atoms with E-state index in [1.807, 2.05) is 13.9 Å². The molecule has 0 fully saturated rings. The minimum Gasteiger partial charge on any atom is -0.508 e. The van der Waals surface area contributed by atoms with Crippen molar-refractivity contribution in [3.8, 4) is 5.75 Å². The van der Waals surface area contributed by atoms with Gasteiger partial charge in [-0.25, -0.2) is 0 Å². The Morgan fingerprint density at radius 3 is 2.21 bits per heavy atom. The number of rotatable bonds is 1. The SMILES string of the molecule is Bc1cc(C(C)(C)C)cc(O)c1CO. The Morgan fingerprint density at radius 2 is 1.86 bits per heavy atom. The predicted octanol–water partition coefficient (Wildman–Crippen LogP) is 0.440. The molecule has 0 unspecified atom stereocenters. The van der Waals surface area contributed by atoms with Gasteiger partial charge < -0.3 is 10.2 Å². The Balaban J connectivity index is 3.28. The Hall–Kier alpha value is -0.955. The maximum Gasteiger partial charge on any atom is 0.139 e. The third kappa shape index (κ3) is 2.10. The molecule has 0 spiro atoms. The van der Waals surface area contributed by atoms with Gasteiger partial charge in [-0.1, -0.05) is 32.3 Å². The van der Waals surface area contributed by atoms with Crippen LogP contribution in [0, 0.1) is 0 Å². The maximum atomic E-state index is 9.68. The van der Waals surface area contributed by atoms with Gasteiger partial charge in [0.05, 0.1) is 6.61 Å². The predicted molar refractivity (Wildman–Crippen MR) is 60.9 cm³/mol. The van der Waals surface area contributed by atoms with Crippen molar-refractivity contribution in [3.05, 3.63) is 23.3 Å². The summed E-state index contributed by atoms with van der Waals surface area (Å²) in [6.07, 6.45) is 0. The molecule has 2 nitrogen and oxygen atoms in total. The normalized spacial score (nSPS) is 11.7. The molecule has 0 bridgehead atoms. The number of benzene rings is 1. The molecule has 76 valence electrons. The third-order valence-corrected chi connectivity index (χ3v) is 2.47. The average molecular weight is 192 g/mol. The van der Waals surface area contributed by atoms with Crippen LogP contribution in [0.1, 0.15) is 31.9 Å². The summed E-state index contributed by atoms with van der Waals surface area (Å²) in [5.74, 6) is 0.192. The smallest absolute Gasteiger partial charge is 0.139 e. The average Bonchev–Trinajstić information content (AvgIpc) is 2.01. The van der Waals surface area contributed by atoms with E-state index >= 15 is 0 Å². The molecule has 1 aromatic rings. The fourth-order valence-corrected chi connectivity index (χ4v) is 1.44. The number of aliphatic hydroxyl groups excluding tert-OH is 1. The van der Waals surface area contributed by atoms with Crippen LogP contribution in [-0.4, -0.2) is 18.1 Å². The highest BCUT2D eigenvalue weighted by Gasteiger charge is 2.16. The Labute approximate surface area is 86.0 Å². The van der Waals surface area contributed by atoms with Crippen LogP contribution in [-0.2, 0) is 12.0 Å². The summed E-state index contributed by atoms with van der Waals surface area (Å²) in [5, 5.41) is 18.7. The molecule has 1 aromatic carbocycles. The van der Waals surface area contributed by atoms with E-state index in [1.165, 1.54) is 0 Å². The standard InChI is InChI=1S/C11H17BO2/c1-11(2,3)7-4-9(12)8(6-13)10(14)5-7/h4-5,13-14H,6,12H2,1-3H3. The minimum atomic E-state index is -0.109. The summed E-state index contributed by atoms with van der Waals surface area (Å²) in [6.45, 7) is 6.18. The fourth-order valence-electron chi connectivity index (χ4n) is 1.44. The molecular weight excluding hydrogens is 175 g/mol. The first kappa shape index (κ1) is 11.1. The number of hydrogen-bond acceptors (Lipinski definition) is 2. The van der Waals surface area contributed by atoms with Gasteiger partial charge in [-0.3, -0.25) is 0 Å². The highest BCUT2D eigenvalue weighted by atomic mass is 16.3. The van der Waals surface area contributed by atoms with Gasteiger partial charge in [-0.15, -0.1) is 0 Å². The van der Waals surface area contributed by atoms with Crippen LogP contribution in [0.15, 0.2) is 12.1 Å². The lowest BCUT2D eigenvalue weighted by Crippen LogP contribution is -2.18. The van der Waals surface area contributed by atoms with Gasteiger partial charge in [0, 0.05) is 5.56 Å². The van der Waals surface area contributed by atoms with Crippen molar-refractivity contribution in [2.45, 2.75) is 32.8 Å². The zero-order valence-corrected chi connectivity index (χ0v) is 9.26.